The van der Waals surface area contributed by atoms with E-state index in [1.165, 1.54) is 19.3 Å². The average molecular weight is 760 g/mol. The Labute approximate surface area is 210 Å². The molecule has 150 valence electrons. The molecule has 1 aliphatic heterocycles. The van der Waals surface area contributed by atoms with Crippen molar-refractivity contribution in [2.24, 2.45) is 33.5 Å². The van der Waals surface area contributed by atoms with Crippen molar-refractivity contribution in [2.75, 3.05) is 0 Å². The third-order valence-electron chi connectivity index (χ3n) is 9.55. The van der Waals surface area contributed by atoms with E-state index < -0.39 is 5.41 Å². The van der Waals surface area contributed by atoms with E-state index in [1.54, 1.807) is 0 Å². The maximum Gasteiger partial charge on any atom is 0.315 e. The van der Waals surface area contributed by atoms with Gasteiger partial charge in [-0.05, 0) is 50.9 Å². The van der Waals surface area contributed by atoms with Crippen LogP contribution in [-0.4, -0.2) is 21.8 Å². The maximum atomic E-state index is 13.2. The second-order valence-corrected chi connectivity index (χ2v) is 21.6. The summed E-state index contributed by atoms with van der Waals surface area (Å²) >= 11 is 23.6. The van der Waals surface area contributed by atoms with Crippen LogP contribution in [-0.2, 0) is 9.53 Å². The zero-order valence-electron chi connectivity index (χ0n) is 14.8. The maximum absolute atomic E-state index is 13.2. The quantitative estimate of drug-likeness (QED) is 0.191. The molecule has 0 aromatic rings. The zero-order valence-corrected chi connectivity index (χ0v) is 24.3. The summed E-state index contributed by atoms with van der Waals surface area (Å²) in [6.45, 7) is 2.34. The van der Waals surface area contributed by atoms with Crippen molar-refractivity contribution in [3.63, 3.8) is 0 Å². The lowest BCUT2D eigenvalue weighted by Gasteiger charge is -2.39. The third kappa shape index (κ3) is 1.99. The second-order valence-electron chi connectivity index (χ2n) is 10.3. The number of alkyl halides is 6. The van der Waals surface area contributed by atoms with Crippen LogP contribution in [0.2, 0.25) is 0 Å². The average Bonchev–Trinajstić information content (AvgIpc) is 3.37. The first-order valence-corrected chi connectivity index (χ1v) is 14.4. The van der Waals surface area contributed by atoms with E-state index in [0.29, 0.717) is 11.8 Å². The molecule has 6 aliphatic rings. The molecule has 5 saturated carbocycles. The summed E-state index contributed by atoms with van der Waals surface area (Å²) in [5, 5.41) is 0. The molecule has 6 rings (SSSR count). The lowest BCUT2D eigenvalue weighted by atomic mass is 9.65. The fraction of sp³-hybridized carbons (Fsp3) is 0.947. The Morgan fingerprint density at radius 2 is 1.41 bits per heavy atom. The van der Waals surface area contributed by atoms with E-state index in [9.17, 15) is 4.79 Å². The first-order chi connectivity index (χ1) is 12.3. The Kier molecular flexibility index (Phi) is 3.79. The van der Waals surface area contributed by atoms with Gasteiger partial charge in [0, 0.05) is 22.2 Å². The topological polar surface area (TPSA) is 26.3 Å². The number of hydrogen-bond donors (Lipinski definition) is 0. The van der Waals surface area contributed by atoms with Crippen molar-refractivity contribution in [3.8, 4) is 0 Å². The predicted molar refractivity (Wildman–Crippen MR) is 126 cm³/mol. The molecule has 5 aliphatic carbocycles. The Bertz CT molecular complexity index is 797. The number of carbonyl (C=O) groups excluding carboxylic acids is 1. The van der Waals surface area contributed by atoms with Gasteiger partial charge in [-0.15, -0.1) is 0 Å². The largest absolute Gasteiger partial charge is 0.461 e. The fourth-order valence-corrected chi connectivity index (χ4v) is 13.7. The molecular formula is C19H20Br6O2. The van der Waals surface area contributed by atoms with Gasteiger partial charge in [-0.2, -0.15) is 0 Å². The van der Waals surface area contributed by atoms with Gasteiger partial charge in [0.15, 0.2) is 0 Å². The molecule has 0 unspecified atom stereocenters. The minimum Gasteiger partial charge on any atom is -0.461 e. The lowest BCUT2D eigenvalue weighted by Crippen LogP contribution is -2.44. The molecule has 3 spiro atoms. The molecule has 2 nitrogen and oxygen atoms in total. The molecule has 0 aromatic carbocycles. The number of hydrogen-bond acceptors (Lipinski definition) is 2. The number of carbonyl (C=O) groups is 1. The van der Waals surface area contributed by atoms with E-state index in [2.05, 4.69) is 103 Å². The van der Waals surface area contributed by atoms with E-state index in [4.69, 9.17) is 4.74 Å². The molecule has 7 atom stereocenters. The number of esters is 1. The third-order valence-corrected chi connectivity index (χ3v) is 15.7. The normalized spacial score (nSPS) is 60.1. The molecule has 1 saturated heterocycles. The van der Waals surface area contributed by atoms with Crippen LogP contribution < -0.4 is 0 Å². The molecule has 27 heavy (non-hydrogen) atoms. The summed E-state index contributed by atoms with van der Waals surface area (Å²) in [5.41, 5.74) is -0.104. The highest BCUT2D eigenvalue weighted by Gasteiger charge is 2.89. The molecule has 6 fully saturated rings. The van der Waals surface area contributed by atoms with Crippen molar-refractivity contribution in [3.05, 3.63) is 0 Å². The van der Waals surface area contributed by atoms with Gasteiger partial charge < -0.3 is 4.74 Å². The highest BCUT2D eigenvalue weighted by molar-refractivity contribution is 9.26. The monoisotopic (exact) mass is 754 g/mol. The van der Waals surface area contributed by atoms with Gasteiger partial charge in [0.05, 0.1) is 9.70 Å². The summed E-state index contributed by atoms with van der Waals surface area (Å²) in [7, 11) is 0. The molecule has 0 amide bonds. The van der Waals surface area contributed by atoms with Crippen molar-refractivity contribution >= 4 is 102 Å². The summed E-state index contributed by atoms with van der Waals surface area (Å²) < 4.78 is 6.11. The lowest BCUT2D eigenvalue weighted by molar-refractivity contribution is -0.148. The zero-order chi connectivity index (χ0) is 19.5. The van der Waals surface area contributed by atoms with Crippen molar-refractivity contribution < 1.29 is 9.53 Å². The summed E-state index contributed by atoms with van der Waals surface area (Å²) in [4.78, 5) is 13.2. The van der Waals surface area contributed by atoms with Gasteiger partial charge >= 0.3 is 5.97 Å². The van der Waals surface area contributed by atoms with Gasteiger partial charge in [-0.25, -0.2) is 0 Å². The highest BCUT2D eigenvalue weighted by Crippen LogP contribution is 2.89. The SMILES string of the molecule is C[C@@]12CC[C@]3(CC3(Br)Br)[C@@H]3CC[C@]4(CC4(Br)Br)[C@@H]3[C@H]1OC(=O)[C@]21CC1(Br)Br. The molecule has 0 N–H and O–H groups in total. The minimum atomic E-state index is -0.434. The van der Waals surface area contributed by atoms with E-state index in [1.807, 2.05) is 0 Å². The van der Waals surface area contributed by atoms with Crippen LogP contribution in [0.15, 0.2) is 0 Å². The van der Waals surface area contributed by atoms with Gasteiger partial charge in [0.25, 0.3) is 0 Å². The van der Waals surface area contributed by atoms with Crippen LogP contribution in [0.5, 0.6) is 0 Å². The van der Waals surface area contributed by atoms with E-state index >= 15 is 0 Å². The van der Waals surface area contributed by atoms with Crippen LogP contribution in [0.4, 0.5) is 0 Å². The van der Waals surface area contributed by atoms with Crippen molar-refractivity contribution in [2.45, 2.75) is 67.7 Å². The molecule has 1 heterocycles. The number of rotatable bonds is 0. The number of ether oxygens (including phenoxy) is 1. The van der Waals surface area contributed by atoms with Crippen LogP contribution in [0.25, 0.3) is 0 Å². The molecule has 8 heteroatoms. The van der Waals surface area contributed by atoms with Crippen LogP contribution in [0, 0.1) is 33.5 Å². The Morgan fingerprint density at radius 1 is 0.852 bits per heavy atom. The first-order valence-electron chi connectivity index (χ1n) is 9.65. The van der Waals surface area contributed by atoms with Gasteiger partial charge in [0.2, 0.25) is 0 Å². The van der Waals surface area contributed by atoms with Crippen molar-refractivity contribution in [1.29, 1.82) is 0 Å². The molecule has 0 radical (unpaired) electrons. The number of halogens is 6. The Morgan fingerprint density at radius 3 is 1.89 bits per heavy atom. The van der Waals surface area contributed by atoms with Crippen LogP contribution in [0.1, 0.15) is 51.9 Å². The minimum absolute atomic E-state index is 0.000632. The predicted octanol–water partition coefficient (Wildman–Crippen LogP) is 7.37. The van der Waals surface area contributed by atoms with Crippen LogP contribution >= 0.6 is 95.6 Å². The molecular weight excluding hydrogens is 740 g/mol. The van der Waals surface area contributed by atoms with Gasteiger partial charge in [0.1, 0.15) is 11.5 Å². The van der Waals surface area contributed by atoms with Gasteiger partial charge in [-0.1, -0.05) is 103 Å². The standard InChI is InChI=1S/C19H20Br6O2/c1-13-4-5-14(6-17(14,20)21)9-2-3-15(7-18(15,22)23)10(9)11(13)27-12(26)16(13)8-19(16,24)25/h9-11H,2-8H2,1H3/t9-,10+,11-,13-,14+,15+,16-/m1/s1. The number of fused-ring (bicyclic) bond motifs is 6. The second kappa shape index (κ2) is 5.12. The van der Waals surface area contributed by atoms with E-state index in [-0.39, 0.29) is 38.0 Å². The Balaban J connectivity index is 1.52. The Hall–Kier alpha value is 2.35. The van der Waals surface area contributed by atoms with Crippen molar-refractivity contribution in [1.82, 2.24) is 0 Å². The summed E-state index contributed by atoms with van der Waals surface area (Å²) in [6.07, 6.45) is 7.76. The molecule has 0 bridgehead atoms. The highest BCUT2D eigenvalue weighted by atomic mass is 79.9. The van der Waals surface area contributed by atoms with Crippen LogP contribution in [0.3, 0.4) is 0 Å². The summed E-state index contributed by atoms with van der Waals surface area (Å²) in [5.74, 6) is 0.998. The first kappa shape index (κ1) is 20.0. The molecule has 0 aromatic heterocycles. The fourth-order valence-electron chi connectivity index (χ4n) is 7.72. The van der Waals surface area contributed by atoms with E-state index in [0.717, 1.165) is 25.7 Å². The smallest absolute Gasteiger partial charge is 0.315 e. The van der Waals surface area contributed by atoms with Gasteiger partial charge in [-0.3, -0.25) is 4.79 Å². The summed E-state index contributed by atoms with van der Waals surface area (Å²) in [6, 6.07) is 0.